The number of amides is 1. The summed E-state index contributed by atoms with van der Waals surface area (Å²) in [5.41, 5.74) is 9.09. The highest BCUT2D eigenvalue weighted by Gasteiger charge is 2.43. The zero-order chi connectivity index (χ0) is 25.4. The maximum atomic E-state index is 13.4. The van der Waals surface area contributed by atoms with E-state index >= 15 is 0 Å². The van der Waals surface area contributed by atoms with Crippen molar-refractivity contribution in [3.63, 3.8) is 0 Å². The maximum Gasteiger partial charge on any atom is 0.243 e. The molecule has 1 aromatic heterocycles. The van der Waals surface area contributed by atoms with Crippen LogP contribution in [-0.4, -0.2) is 66.1 Å². The molecule has 194 valence electrons. The second kappa shape index (κ2) is 10.5. The number of nitrogens with one attached hydrogen (secondary N) is 1. The number of morpholine rings is 1. The molecule has 1 saturated heterocycles. The monoisotopic (exact) mass is 491 g/mol. The molecule has 3 unspecified atom stereocenters. The Kier molecular flexibility index (Phi) is 7.31. The van der Waals surface area contributed by atoms with E-state index in [1.54, 1.807) is 4.90 Å². The average Bonchev–Trinajstić information content (AvgIpc) is 3.55. The summed E-state index contributed by atoms with van der Waals surface area (Å²) in [5.74, 6) is 1.80. The van der Waals surface area contributed by atoms with Gasteiger partial charge in [-0.15, -0.1) is 0 Å². The summed E-state index contributed by atoms with van der Waals surface area (Å²) in [5, 5.41) is 8.10. The van der Waals surface area contributed by atoms with Crippen molar-refractivity contribution in [1.82, 2.24) is 15.1 Å². The minimum absolute atomic E-state index is 0.104. The van der Waals surface area contributed by atoms with Crippen molar-refractivity contribution in [2.75, 3.05) is 38.3 Å². The van der Waals surface area contributed by atoms with Crippen LogP contribution >= 0.6 is 0 Å². The van der Waals surface area contributed by atoms with Gasteiger partial charge in [0.1, 0.15) is 5.69 Å². The van der Waals surface area contributed by atoms with Gasteiger partial charge < -0.3 is 9.64 Å². The van der Waals surface area contributed by atoms with Gasteiger partial charge >= 0.3 is 0 Å². The van der Waals surface area contributed by atoms with Crippen LogP contribution < -0.4 is 4.90 Å². The highest BCUT2D eigenvalue weighted by Crippen LogP contribution is 2.48. The molecule has 7 nitrogen and oxygen atoms in total. The van der Waals surface area contributed by atoms with Gasteiger partial charge in [0.25, 0.3) is 0 Å². The molecule has 0 radical (unpaired) electrons. The molecular weight excluding hydrogens is 450 g/mol. The summed E-state index contributed by atoms with van der Waals surface area (Å²) in [7, 11) is 1.89. The summed E-state index contributed by atoms with van der Waals surface area (Å²) in [6.07, 6.45) is 6.42. The quantitative estimate of drug-likeness (QED) is 0.547. The minimum atomic E-state index is -0.185. The number of nitrogens with zero attached hydrogens (tertiary/aromatic N) is 4. The van der Waals surface area contributed by atoms with Crippen LogP contribution in [0.1, 0.15) is 68.1 Å². The third-order valence-electron chi connectivity index (χ3n) is 8.49. The number of carbonyl (C=O) groups is 1. The normalized spacial score (nSPS) is 22.6. The van der Waals surface area contributed by atoms with E-state index in [9.17, 15) is 4.79 Å². The molecule has 2 heterocycles. The Morgan fingerprint density at radius 1 is 1.25 bits per heavy atom. The van der Waals surface area contributed by atoms with Gasteiger partial charge in [-0.1, -0.05) is 20.3 Å². The van der Waals surface area contributed by atoms with Crippen molar-refractivity contribution in [1.29, 1.82) is 0 Å². The number of aryl methyl sites for hydroxylation is 1. The summed E-state index contributed by atoms with van der Waals surface area (Å²) >= 11 is 0. The second-order valence-corrected chi connectivity index (χ2v) is 10.8. The van der Waals surface area contributed by atoms with E-state index in [4.69, 9.17) is 14.8 Å². The number of hydrogen-bond donors (Lipinski definition) is 1. The zero-order valence-electron chi connectivity index (χ0n) is 22.6. The molecule has 0 spiro atoms. The van der Waals surface area contributed by atoms with Gasteiger partial charge in [-0.2, -0.15) is 5.10 Å². The minimum Gasteiger partial charge on any atom is -0.379 e. The van der Waals surface area contributed by atoms with Crippen molar-refractivity contribution in [3.05, 3.63) is 40.2 Å². The van der Waals surface area contributed by atoms with Gasteiger partial charge in [0, 0.05) is 37.1 Å². The number of aromatic nitrogens is 2. The molecule has 1 aromatic carbocycles. The summed E-state index contributed by atoms with van der Waals surface area (Å²) in [6.45, 7) is 11.5. The lowest BCUT2D eigenvalue weighted by molar-refractivity contribution is -0.124. The van der Waals surface area contributed by atoms with Crippen molar-refractivity contribution in [2.45, 2.75) is 72.3 Å². The lowest BCUT2D eigenvalue weighted by Crippen LogP contribution is -2.50. The molecule has 2 aliphatic carbocycles. The lowest BCUT2D eigenvalue weighted by atomic mass is 9.93. The van der Waals surface area contributed by atoms with Crippen LogP contribution in [0.25, 0.3) is 0 Å². The Bertz CT molecular complexity index is 1150. The first-order valence-corrected chi connectivity index (χ1v) is 13.8. The predicted molar refractivity (Wildman–Crippen MR) is 145 cm³/mol. The molecule has 1 amide bonds. The first-order chi connectivity index (χ1) is 17.4. The smallest absolute Gasteiger partial charge is 0.243 e. The van der Waals surface area contributed by atoms with E-state index < -0.39 is 0 Å². The summed E-state index contributed by atoms with van der Waals surface area (Å²) in [4.78, 5) is 22.7. The maximum absolute atomic E-state index is 13.4. The van der Waals surface area contributed by atoms with E-state index in [1.165, 1.54) is 28.8 Å². The van der Waals surface area contributed by atoms with Crippen molar-refractivity contribution in [2.24, 2.45) is 16.8 Å². The topological polar surface area (TPSA) is 73.8 Å². The third kappa shape index (κ3) is 4.88. The Labute approximate surface area is 215 Å². The molecule has 5 rings (SSSR count). The third-order valence-corrected chi connectivity index (χ3v) is 8.49. The highest BCUT2D eigenvalue weighted by molar-refractivity contribution is 6.02. The molecule has 1 aliphatic heterocycles. The number of likely N-dealkylation sites (N-methyl/N-ethyl adjacent to an activating group) is 1. The van der Waals surface area contributed by atoms with Gasteiger partial charge in [-0.25, -0.2) is 0 Å². The molecule has 0 bridgehead atoms. The van der Waals surface area contributed by atoms with Crippen LogP contribution in [0.2, 0.25) is 0 Å². The number of rotatable bonds is 8. The van der Waals surface area contributed by atoms with Crippen molar-refractivity contribution >= 4 is 23.0 Å². The molecule has 36 heavy (non-hydrogen) atoms. The SMILES string of the molecule is CCC/C(=N\c1cc(N(C)C(=O)C(C)N2CCOCC2)cc(CC)c1C)c1n[nH]c2c1CC1CC1C2. The number of aromatic amines is 1. The van der Waals surface area contributed by atoms with Crippen LogP contribution in [0.3, 0.4) is 0 Å². The number of aliphatic imine (C=N–C) groups is 1. The van der Waals surface area contributed by atoms with E-state index in [2.05, 4.69) is 42.9 Å². The number of fused-ring (bicyclic) bond motifs is 2. The first-order valence-electron chi connectivity index (χ1n) is 13.8. The first kappa shape index (κ1) is 25.2. The molecule has 1 N–H and O–H groups in total. The summed E-state index contributed by atoms with van der Waals surface area (Å²) in [6, 6.07) is 4.06. The lowest BCUT2D eigenvalue weighted by Gasteiger charge is -2.33. The van der Waals surface area contributed by atoms with Gasteiger partial charge in [0.2, 0.25) is 5.91 Å². The van der Waals surface area contributed by atoms with Gasteiger partial charge in [0.15, 0.2) is 0 Å². The molecule has 1 saturated carbocycles. The van der Waals surface area contributed by atoms with Gasteiger partial charge in [-0.3, -0.25) is 19.8 Å². The molecule has 3 aliphatic rings. The van der Waals surface area contributed by atoms with E-state index in [0.29, 0.717) is 13.2 Å². The van der Waals surface area contributed by atoms with Gasteiger partial charge in [0.05, 0.1) is 30.7 Å². The van der Waals surface area contributed by atoms with E-state index in [0.717, 1.165) is 79.8 Å². The van der Waals surface area contributed by atoms with Crippen LogP contribution in [0.4, 0.5) is 11.4 Å². The number of benzene rings is 1. The average molecular weight is 492 g/mol. The molecule has 3 atom stereocenters. The fraction of sp³-hybridized carbons (Fsp3) is 0.621. The summed E-state index contributed by atoms with van der Waals surface area (Å²) < 4.78 is 5.48. The Hall–Kier alpha value is -2.51. The van der Waals surface area contributed by atoms with Crippen LogP contribution in [0.5, 0.6) is 0 Å². The zero-order valence-corrected chi connectivity index (χ0v) is 22.6. The van der Waals surface area contributed by atoms with Crippen molar-refractivity contribution < 1.29 is 9.53 Å². The number of ether oxygens (including phenoxy) is 1. The number of carbonyl (C=O) groups excluding carboxylic acids is 1. The standard InChI is InChI=1S/C29H41N5O2/c1-6-8-25(28-24-15-21-13-22(21)16-27(24)31-32-28)30-26-17-23(14-20(7-2)18(26)3)33(5)29(35)19(4)34-9-11-36-12-10-34/h14,17,19,21-22H,6-13,15-16H2,1-5H3,(H,31,32)/b30-25+. The van der Waals surface area contributed by atoms with Crippen LogP contribution in [0.15, 0.2) is 17.1 Å². The fourth-order valence-corrected chi connectivity index (χ4v) is 5.92. The highest BCUT2D eigenvalue weighted by atomic mass is 16.5. The second-order valence-electron chi connectivity index (χ2n) is 10.8. The fourth-order valence-electron chi connectivity index (χ4n) is 5.92. The number of H-pyrrole nitrogens is 1. The molecule has 2 fully saturated rings. The van der Waals surface area contributed by atoms with Crippen LogP contribution in [0, 0.1) is 18.8 Å². The van der Waals surface area contributed by atoms with Crippen LogP contribution in [-0.2, 0) is 28.8 Å². The van der Waals surface area contributed by atoms with Crippen molar-refractivity contribution in [3.8, 4) is 0 Å². The number of hydrogen-bond acceptors (Lipinski definition) is 5. The molecular formula is C29H41N5O2. The Morgan fingerprint density at radius 3 is 2.72 bits per heavy atom. The molecule has 7 heteroatoms. The number of anilines is 1. The molecule has 2 aromatic rings. The van der Waals surface area contributed by atoms with Gasteiger partial charge in [-0.05, 0) is 81.0 Å². The van der Waals surface area contributed by atoms with E-state index in [-0.39, 0.29) is 11.9 Å². The van der Waals surface area contributed by atoms with E-state index in [1.807, 2.05) is 14.0 Å². The Morgan fingerprint density at radius 2 is 2.00 bits per heavy atom. The Balaban J connectivity index is 1.47. The predicted octanol–water partition coefficient (Wildman–Crippen LogP) is 4.62. The largest absolute Gasteiger partial charge is 0.379 e.